The van der Waals surface area contributed by atoms with E-state index in [2.05, 4.69) is 10.00 Å². The van der Waals surface area contributed by atoms with Gasteiger partial charge in [-0.1, -0.05) is 6.07 Å². The average Bonchev–Trinajstić information content (AvgIpc) is 2.92. The summed E-state index contributed by atoms with van der Waals surface area (Å²) in [6, 6.07) is 5.19. The van der Waals surface area contributed by atoms with Gasteiger partial charge in [0.2, 0.25) is 10.0 Å². The van der Waals surface area contributed by atoms with Crippen LogP contribution in [0.1, 0.15) is 11.3 Å². The third-order valence-electron chi connectivity index (χ3n) is 4.51. The van der Waals surface area contributed by atoms with E-state index < -0.39 is 14.9 Å². The summed E-state index contributed by atoms with van der Waals surface area (Å²) in [5.74, 6) is 0. The van der Waals surface area contributed by atoms with E-state index in [0.717, 1.165) is 23.9 Å². The van der Waals surface area contributed by atoms with Gasteiger partial charge < -0.3 is 0 Å². The number of nitro benzene ring substituents is 1. The lowest BCUT2D eigenvalue weighted by atomic mass is 10.2. The molecule has 1 aromatic heterocycles. The Hall–Kier alpha value is -2.30. The van der Waals surface area contributed by atoms with Crippen molar-refractivity contribution >= 4 is 15.7 Å². The van der Waals surface area contributed by atoms with E-state index in [9.17, 15) is 18.5 Å². The molecule has 1 fully saturated rings. The molecule has 0 N–H and O–H groups in total. The van der Waals surface area contributed by atoms with Crippen LogP contribution in [0.3, 0.4) is 0 Å². The van der Waals surface area contributed by atoms with E-state index in [4.69, 9.17) is 0 Å². The zero-order valence-corrected chi connectivity index (χ0v) is 15.5. The van der Waals surface area contributed by atoms with Gasteiger partial charge in [0, 0.05) is 63.7 Å². The van der Waals surface area contributed by atoms with Gasteiger partial charge in [0.05, 0.1) is 15.5 Å². The van der Waals surface area contributed by atoms with Gasteiger partial charge in [-0.25, -0.2) is 8.42 Å². The number of nitro groups is 1. The van der Waals surface area contributed by atoms with Crippen molar-refractivity contribution in [3.63, 3.8) is 0 Å². The molecule has 26 heavy (non-hydrogen) atoms. The number of rotatable bonds is 5. The van der Waals surface area contributed by atoms with Crippen molar-refractivity contribution in [2.24, 2.45) is 7.05 Å². The number of piperazine rings is 1. The Morgan fingerprint density at radius 3 is 2.50 bits per heavy atom. The van der Waals surface area contributed by atoms with Crippen molar-refractivity contribution in [2.75, 3.05) is 26.2 Å². The molecule has 1 aliphatic heterocycles. The van der Waals surface area contributed by atoms with Gasteiger partial charge >= 0.3 is 0 Å². The predicted octanol–water partition coefficient (Wildman–Crippen LogP) is 1.14. The summed E-state index contributed by atoms with van der Waals surface area (Å²) in [5.41, 5.74) is 1.87. The van der Waals surface area contributed by atoms with Crippen LogP contribution in [0.25, 0.3) is 0 Å². The topological polar surface area (TPSA) is 102 Å². The van der Waals surface area contributed by atoms with Gasteiger partial charge in [0.25, 0.3) is 5.69 Å². The Morgan fingerprint density at radius 1 is 1.23 bits per heavy atom. The maximum Gasteiger partial charge on any atom is 0.270 e. The lowest BCUT2D eigenvalue weighted by Gasteiger charge is -2.33. The van der Waals surface area contributed by atoms with Crippen molar-refractivity contribution in [1.82, 2.24) is 19.0 Å². The van der Waals surface area contributed by atoms with Crippen molar-refractivity contribution < 1.29 is 13.3 Å². The number of aryl methyl sites for hydroxylation is 2. The number of non-ortho nitro benzene ring substituents is 1. The molecule has 1 saturated heterocycles. The quantitative estimate of drug-likeness (QED) is 0.570. The van der Waals surface area contributed by atoms with Crippen LogP contribution in [-0.4, -0.2) is 58.5 Å². The first-order valence-corrected chi connectivity index (χ1v) is 9.67. The SMILES string of the molecule is Cc1nn(C)cc1CN1CCN(S(=O)(=O)c2cccc([N+](=O)[O-])c2)CC1. The molecule has 0 unspecified atom stereocenters. The molecule has 1 aliphatic rings. The van der Waals surface area contributed by atoms with Gasteiger partial charge in [-0.2, -0.15) is 9.40 Å². The second-order valence-corrected chi connectivity index (χ2v) is 8.29. The van der Waals surface area contributed by atoms with Gasteiger partial charge in [0.1, 0.15) is 0 Å². The van der Waals surface area contributed by atoms with Crippen LogP contribution in [0, 0.1) is 17.0 Å². The molecule has 0 atom stereocenters. The van der Waals surface area contributed by atoms with Crippen molar-refractivity contribution in [1.29, 1.82) is 0 Å². The maximum atomic E-state index is 12.8. The van der Waals surface area contributed by atoms with Crippen LogP contribution < -0.4 is 0 Å². The minimum atomic E-state index is -3.73. The van der Waals surface area contributed by atoms with Gasteiger partial charge in [0.15, 0.2) is 0 Å². The number of nitrogens with zero attached hydrogens (tertiary/aromatic N) is 5. The first kappa shape index (κ1) is 18.5. The second-order valence-electron chi connectivity index (χ2n) is 6.35. The highest BCUT2D eigenvalue weighted by Gasteiger charge is 2.29. The number of aromatic nitrogens is 2. The monoisotopic (exact) mass is 379 g/mol. The van der Waals surface area contributed by atoms with Crippen LogP contribution in [0.2, 0.25) is 0 Å². The summed E-state index contributed by atoms with van der Waals surface area (Å²) in [6.07, 6.45) is 1.97. The van der Waals surface area contributed by atoms with E-state index in [-0.39, 0.29) is 10.6 Å². The van der Waals surface area contributed by atoms with E-state index >= 15 is 0 Å². The Morgan fingerprint density at radius 2 is 1.92 bits per heavy atom. The minimum absolute atomic E-state index is 0.0387. The second kappa shape index (κ2) is 7.14. The molecule has 2 heterocycles. The lowest BCUT2D eigenvalue weighted by Crippen LogP contribution is -2.48. The number of sulfonamides is 1. The third-order valence-corrected chi connectivity index (χ3v) is 6.40. The summed E-state index contributed by atoms with van der Waals surface area (Å²) in [6.45, 7) is 4.59. The lowest BCUT2D eigenvalue weighted by molar-refractivity contribution is -0.385. The Kier molecular flexibility index (Phi) is 5.08. The maximum absolute atomic E-state index is 12.8. The highest BCUT2D eigenvalue weighted by atomic mass is 32.2. The third kappa shape index (κ3) is 3.76. The number of hydrogen-bond acceptors (Lipinski definition) is 6. The molecule has 2 aromatic rings. The summed E-state index contributed by atoms with van der Waals surface area (Å²) in [7, 11) is -1.86. The van der Waals surface area contributed by atoms with E-state index in [1.165, 1.54) is 22.5 Å². The molecule has 10 heteroatoms. The largest absolute Gasteiger partial charge is 0.296 e. The summed E-state index contributed by atoms with van der Waals surface area (Å²) in [5, 5.41) is 15.2. The molecule has 1 aromatic carbocycles. The molecule has 3 rings (SSSR count). The van der Waals surface area contributed by atoms with E-state index in [1.807, 2.05) is 20.2 Å². The molecule has 0 radical (unpaired) electrons. The molecular formula is C16H21N5O4S. The summed E-state index contributed by atoms with van der Waals surface area (Å²) in [4.78, 5) is 12.4. The molecule has 0 spiro atoms. The molecule has 140 valence electrons. The number of hydrogen-bond donors (Lipinski definition) is 0. The van der Waals surface area contributed by atoms with Crippen LogP contribution >= 0.6 is 0 Å². The summed E-state index contributed by atoms with van der Waals surface area (Å²) >= 11 is 0. The molecule has 0 saturated carbocycles. The van der Waals surface area contributed by atoms with Gasteiger partial charge in [-0.15, -0.1) is 0 Å². The Bertz CT molecular complexity index is 916. The Labute approximate surface area is 152 Å². The van der Waals surface area contributed by atoms with Crippen LogP contribution in [0.5, 0.6) is 0 Å². The molecular weight excluding hydrogens is 358 g/mol. The summed E-state index contributed by atoms with van der Waals surface area (Å²) < 4.78 is 28.7. The molecule has 0 bridgehead atoms. The fourth-order valence-electron chi connectivity index (χ4n) is 3.08. The fourth-order valence-corrected chi connectivity index (χ4v) is 4.54. The fraction of sp³-hybridized carbons (Fsp3) is 0.438. The van der Waals surface area contributed by atoms with Crippen LogP contribution in [-0.2, 0) is 23.6 Å². The van der Waals surface area contributed by atoms with Crippen LogP contribution in [0.4, 0.5) is 5.69 Å². The normalized spacial score (nSPS) is 16.7. The first-order valence-electron chi connectivity index (χ1n) is 8.23. The van der Waals surface area contributed by atoms with Gasteiger partial charge in [-0.05, 0) is 13.0 Å². The average molecular weight is 379 g/mol. The molecule has 9 nitrogen and oxygen atoms in total. The predicted molar refractivity (Wildman–Crippen MR) is 95.1 cm³/mol. The van der Waals surface area contributed by atoms with Crippen molar-refractivity contribution in [2.45, 2.75) is 18.4 Å². The zero-order valence-electron chi connectivity index (χ0n) is 14.7. The smallest absolute Gasteiger partial charge is 0.270 e. The van der Waals surface area contributed by atoms with E-state index in [0.29, 0.717) is 26.2 Å². The van der Waals surface area contributed by atoms with E-state index in [1.54, 1.807) is 4.68 Å². The number of benzene rings is 1. The molecule has 0 aliphatic carbocycles. The van der Waals surface area contributed by atoms with Gasteiger partial charge in [-0.3, -0.25) is 19.7 Å². The highest BCUT2D eigenvalue weighted by molar-refractivity contribution is 7.89. The van der Waals surface area contributed by atoms with Crippen LogP contribution in [0.15, 0.2) is 35.4 Å². The standard InChI is InChI=1S/C16H21N5O4S/c1-13-14(11-18(2)17-13)12-19-6-8-20(9-7-19)26(24,25)16-5-3-4-15(10-16)21(22)23/h3-5,10-11H,6-9,12H2,1-2H3. The molecule has 0 amide bonds. The van der Waals surface area contributed by atoms with Crippen molar-refractivity contribution in [3.8, 4) is 0 Å². The zero-order chi connectivity index (χ0) is 18.9. The highest BCUT2D eigenvalue weighted by Crippen LogP contribution is 2.22. The minimum Gasteiger partial charge on any atom is -0.296 e. The first-order chi connectivity index (χ1) is 12.3. The van der Waals surface area contributed by atoms with Crippen molar-refractivity contribution in [3.05, 3.63) is 51.8 Å². The Balaban J connectivity index is 1.68.